The zero-order chi connectivity index (χ0) is 59.2. The Morgan fingerprint density at radius 2 is 0.476 bits per heavy atom. The molecular weight excluding hydrogens is 1010 g/mol. The second-order valence-corrected chi connectivity index (χ2v) is 22.0. The number of rotatable bonds is 60. The van der Waals surface area contributed by atoms with Gasteiger partial charge in [0.25, 0.3) is 0 Å². The molecule has 0 rings (SSSR count). The molecular formula is C76H124O6. The van der Waals surface area contributed by atoms with Crippen LogP contribution in [0.5, 0.6) is 0 Å². The van der Waals surface area contributed by atoms with Crippen LogP contribution in [0, 0.1) is 0 Å². The lowest BCUT2D eigenvalue weighted by Crippen LogP contribution is -2.30. The van der Waals surface area contributed by atoms with Crippen LogP contribution in [0.25, 0.3) is 0 Å². The van der Waals surface area contributed by atoms with Gasteiger partial charge in [-0.2, -0.15) is 0 Å². The first-order valence-corrected chi connectivity index (χ1v) is 33.8. The predicted octanol–water partition coefficient (Wildman–Crippen LogP) is 23.5. The van der Waals surface area contributed by atoms with Crippen molar-refractivity contribution in [3.05, 3.63) is 146 Å². The van der Waals surface area contributed by atoms with Crippen LogP contribution in [0.4, 0.5) is 0 Å². The lowest BCUT2D eigenvalue weighted by Gasteiger charge is -2.18. The van der Waals surface area contributed by atoms with Gasteiger partial charge in [0, 0.05) is 19.3 Å². The van der Waals surface area contributed by atoms with Gasteiger partial charge >= 0.3 is 17.9 Å². The van der Waals surface area contributed by atoms with Crippen LogP contribution in [0.2, 0.25) is 0 Å². The van der Waals surface area contributed by atoms with Crippen LogP contribution in [-0.2, 0) is 28.6 Å². The number of hydrogen-bond donors (Lipinski definition) is 0. The number of carbonyl (C=O) groups excluding carboxylic acids is 3. The number of esters is 3. The van der Waals surface area contributed by atoms with Crippen molar-refractivity contribution in [3.63, 3.8) is 0 Å². The van der Waals surface area contributed by atoms with Crippen molar-refractivity contribution < 1.29 is 28.6 Å². The molecule has 0 aromatic heterocycles. The minimum Gasteiger partial charge on any atom is -0.462 e. The summed E-state index contributed by atoms with van der Waals surface area (Å²) in [6, 6.07) is 0. The molecule has 0 aliphatic heterocycles. The lowest BCUT2D eigenvalue weighted by atomic mass is 10.0. The molecule has 0 aliphatic carbocycles. The van der Waals surface area contributed by atoms with E-state index in [4.69, 9.17) is 14.2 Å². The van der Waals surface area contributed by atoms with Crippen LogP contribution < -0.4 is 0 Å². The van der Waals surface area contributed by atoms with Crippen molar-refractivity contribution in [1.82, 2.24) is 0 Å². The van der Waals surface area contributed by atoms with Gasteiger partial charge in [-0.15, -0.1) is 0 Å². The van der Waals surface area contributed by atoms with Gasteiger partial charge in [0.05, 0.1) is 0 Å². The van der Waals surface area contributed by atoms with Gasteiger partial charge in [-0.25, -0.2) is 0 Å². The first-order chi connectivity index (χ1) is 40.5. The van der Waals surface area contributed by atoms with Crippen molar-refractivity contribution in [1.29, 1.82) is 0 Å². The molecule has 0 fully saturated rings. The summed E-state index contributed by atoms with van der Waals surface area (Å²) in [6.45, 7) is 6.39. The highest BCUT2D eigenvalue weighted by molar-refractivity contribution is 5.71. The summed E-state index contributed by atoms with van der Waals surface area (Å²) in [4.78, 5) is 38.4. The lowest BCUT2D eigenvalue weighted by molar-refractivity contribution is -0.167. The summed E-state index contributed by atoms with van der Waals surface area (Å²) < 4.78 is 16.9. The van der Waals surface area contributed by atoms with Crippen LogP contribution in [-0.4, -0.2) is 37.2 Å². The summed E-state index contributed by atoms with van der Waals surface area (Å²) in [7, 11) is 0. The standard InChI is InChI=1S/C76H124O6/c1-4-7-10-13-16-19-22-25-28-31-34-36-37-38-39-41-42-45-48-51-54-57-60-63-66-69-75(78)81-72-73(71-80-74(77)68-65-62-59-56-53-50-47-44-33-30-27-24-21-18-15-12-9-6-3)82-76(79)70-67-64-61-58-55-52-49-46-43-40-35-32-29-26-23-20-17-14-11-8-5-2/h7-8,10-11,16-17,19-20,25-26,28-29,34-36,38-40,42,45-46,49,51,54,73H,4-6,9,12-15,18,21-24,27,30-33,37,41,43-44,47-48,50,52-53,55-72H2,1-3H3/b10-7-,11-8-,19-16-,20-17-,28-25-,29-26-,36-34-,39-38-,40-35-,45-42-,49-46-,54-51-. The molecule has 0 aromatic rings. The van der Waals surface area contributed by atoms with E-state index in [1.807, 2.05) is 0 Å². The Kier molecular flexibility index (Phi) is 64.8. The third-order valence-corrected chi connectivity index (χ3v) is 14.1. The second kappa shape index (κ2) is 68.8. The van der Waals surface area contributed by atoms with E-state index in [1.54, 1.807) is 0 Å². The largest absolute Gasteiger partial charge is 0.462 e. The van der Waals surface area contributed by atoms with E-state index >= 15 is 0 Å². The summed E-state index contributed by atoms with van der Waals surface area (Å²) in [6.07, 6.45) is 98.5. The van der Waals surface area contributed by atoms with Gasteiger partial charge in [-0.05, 0) is 122 Å². The average molecular weight is 1130 g/mol. The molecule has 6 nitrogen and oxygen atoms in total. The highest BCUT2D eigenvalue weighted by Crippen LogP contribution is 2.16. The number of unbranched alkanes of at least 4 members (excludes halogenated alkanes) is 25. The highest BCUT2D eigenvalue weighted by atomic mass is 16.6. The fourth-order valence-corrected chi connectivity index (χ4v) is 9.10. The molecule has 1 atom stereocenters. The predicted molar refractivity (Wildman–Crippen MR) is 357 cm³/mol. The molecule has 0 saturated heterocycles. The van der Waals surface area contributed by atoms with Gasteiger partial charge in [-0.3, -0.25) is 14.4 Å². The van der Waals surface area contributed by atoms with Crippen LogP contribution >= 0.6 is 0 Å². The molecule has 464 valence electrons. The maximum absolute atomic E-state index is 12.9. The van der Waals surface area contributed by atoms with Gasteiger partial charge in [0.2, 0.25) is 0 Å². The van der Waals surface area contributed by atoms with Gasteiger partial charge in [-0.1, -0.05) is 301 Å². The molecule has 0 aromatic carbocycles. The molecule has 1 unspecified atom stereocenters. The maximum Gasteiger partial charge on any atom is 0.306 e. The second-order valence-electron chi connectivity index (χ2n) is 22.0. The first kappa shape index (κ1) is 77.3. The van der Waals surface area contributed by atoms with E-state index in [0.717, 1.165) is 161 Å². The van der Waals surface area contributed by atoms with E-state index in [9.17, 15) is 14.4 Å². The van der Waals surface area contributed by atoms with Crippen molar-refractivity contribution >= 4 is 17.9 Å². The summed E-state index contributed by atoms with van der Waals surface area (Å²) in [5, 5.41) is 0. The molecule has 0 aliphatic rings. The maximum atomic E-state index is 12.9. The minimum atomic E-state index is -0.810. The summed E-state index contributed by atoms with van der Waals surface area (Å²) >= 11 is 0. The van der Waals surface area contributed by atoms with E-state index in [1.165, 1.54) is 96.3 Å². The van der Waals surface area contributed by atoms with E-state index in [0.29, 0.717) is 19.3 Å². The summed E-state index contributed by atoms with van der Waals surface area (Å²) in [5.41, 5.74) is 0. The normalized spacial score (nSPS) is 13.1. The molecule has 0 heterocycles. The highest BCUT2D eigenvalue weighted by Gasteiger charge is 2.19. The number of hydrogen-bond acceptors (Lipinski definition) is 6. The van der Waals surface area contributed by atoms with E-state index < -0.39 is 6.10 Å². The van der Waals surface area contributed by atoms with E-state index in [2.05, 4.69) is 167 Å². The fraction of sp³-hybridized carbons (Fsp3) is 0.645. The number of carbonyl (C=O) groups is 3. The minimum absolute atomic E-state index is 0.0996. The van der Waals surface area contributed by atoms with Crippen LogP contribution in [0.1, 0.15) is 297 Å². The third kappa shape index (κ3) is 66.1. The van der Waals surface area contributed by atoms with Crippen molar-refractivity contribution in [2.75, 3.05) is 13.2 Å². The van der Waals surface area contributed by atoms with Crippen molar-refractivity contribution in [2.24, 2.45) is 0 Å². The zero-order valence-electron chi connectivity index (χ0n) is 53.2. The number of allylic oxidation sites excluding steroid dienone is 24. The number of ether oxygens (including phenoxy) is 3. The van der Waals surface area contributed by atoms with Crippen LogP contribution in [0.15, 0.2) is 146 Å². The Morgan fingerprint density at radius 3 is 0.756 bits per heavy atom. The smallest absolute Gasteiger partial charge is 0.306 e. The quantitative estimate of drug-likeness (QED) is 0.0261. The molecule has 0 radical (unpaired) electrons. The van der Waals surface area contributed by atoms with Gasteiger partial charge in [0.1, 0.15) is 13.2 Å². The van der Waals surface area contributed by atoms with E-state index in [-0.39, 0.29) is 31.1 Å². The molecule has 0 saturated carbocycles. The van der Waals surface area contributed by atoms with Crippen molar-refractivity contribution in [2.45, 2.75) is 303 Å². The summed E-state index contributed by atoms with van der Waals surface area (Å²) in [5.74, 6) is -0.947. The molecule has 0 bridgehead atoms. The Labute approximate surface area is 506 Å². The van der Waals surface area contributed by atoms with Crippen LogP contribution in [0.3, 0.4) is 0 Å². The van der Waals surface area contributed by atoms with Gasteiger partial charge < -0.3 is 14.2 Å². The average Bonchev–Trinajstić information content (AvgIpc) is 3.47. The first-order valence-electron chi connectivity index (χ1n) is 33.8. The molecule has 0 spiro atoms. The Morgan fingerprint density at radius 1 is 0.256 bits per heavy atom. The Balaban J connectivity index is 4.50. The fourth-order valence-electron chi connectivity index (χ4n) is 9.10. The molecule has 6 heteroatoms. The van der Waals surface area contributed by atoms with Gasteiger partial charge in [0.15, 0.2) is 6.10 Å². The monoisotopic (exact) mass is 1130 g/mol. The van der Waals surface area contributed by atoms with Crippen molar-refractivity contribution in [3.8, 4) is 0 Å². The Bertz CT molecular complexity index is 1780. The third-order valence-electron chi connectivity index (χ3n) is 14.1. The SMILES string of the molecule is CC/C=C\C/C=C\C/C=C\C/C=C\C/C=C\C/C=C\C/C=C\CCCCCC(=O)OCC(COC(=O)CCCCCCCCCCCCCCCCCCCC)OC(=O)CCCCCCC/C=C\C/C=C\C/C=C\C/C=C\C/C=C\CC. The zero-order valence-corrected chi connectivity index (χ0v) is 53.2. The molecule has 0 amide bonds. The Hall–Kier alpha value is -4.71. The molecule has 0 N–H and O–H groups in total. The topological polar surface area (TPSA) is 78.9 Å². The molecule has 82 heavy (non-hydrogen) atoms.